The van der Waals surface area contributed by atoms with Crippen molar-refractivity contribution >= 4 is 11.9 Å². The summed E-state index contributed by atoms with van der Waals surface area (Å²) in [5.74, 6) is 2.11. The zero-order chi connectivity index (χ0) is 19.0. The highest BCUT2D eigenvalue weighted by Gasteiger charge is 2.32. The average Bonchev–Trinajstić information content (AvgIpc) is 3.53. The zero-order valence-corrected chi connectivity index (χ0v) is 14.9. The predicted octanol–water partition coefficient (Wildman–Crippen LogP) is 3.98. The first kappa shape index (κ1) is 17.9. The highest BCUT2D eigenvalue weighted by Crippen LogP contribution is 2.34. The molecule has 0 radical (unpaired) electrons. The first-order valence-corrected chi connectivity index (χ1v) is 9.17. The molecule has 1 atom stereocenters. The summed E-state index contributed by atoms with van der Waals surface area (Å²) in [6.07, 6.45) is 2.34. The third-order valence-corrected chi connectivity index (χ3v) is 4.89. The lowest BCUT2D eigenvalue weighted by atomic mass is 10.2. The van der Waals surface area contributed by atoms with Gasteiger partial charge in [0, 0.05) is 30.5 Å². The standard InChI is InChI=1S/C18H21F3N6/c1-10(12-4-5-12)24-17-26-15(25-16(27-17)23-7-11-2-3-11)13-6-14(9-22-8-13)18(19,20)21/h6,8-12H,2-5,7H2,1H3,(H2,23,24,25,26,27). The molecule has 2 N–H and O–H groups in total. The fourth-order valence-corrected chi connectivity index (χ4v) is 2.84. The maximum absolute atomic E-state index is 13.0. The van der Waals surface area contributed by atoms with Crippen molar-refractivity contribution in [2.24, 2.45) is 11.8 Å². The van der Waals surface area contributed by atoms with Gasteiger partial charge >= 0.3 is 6.18 Å². The van der Waals surface area contributed by atoms with E-state index in [2.05, 4.69) is 37.5 Å². The number of halogens is 3. The van der Waals surface area contributed by atoms with E-state index in [9.17, 15) is 13.2 Å². The monoisotopic (exact) mass is 378 g/mol. The Morgan fingerprint density at radius 1 is 1.07 bits per heavy atom. The molecular weight excluding hydrogens is 357 g/mol. The van der Waals surface area contributed by atoms with Gasteiger partial charge in [-0.2, -0.15) is 28.1 Å². The van der Waals surface area contributed by atoms with Crippen LogP contribution in [0.2, 0.25) is 0 Å². The van der Waals surface area contributed by atoms with E-state index in [1.165, 1.54) is 19.0 Å². The van der Waals surface area contributed by atoms with E-state index in [-0.39, 0.29) is 17.4 Å². The van der Waals surface area contributed by atoms with E-state index in [0.717, 1.165) is 31.6 Å². The van der Waals surface area contributed by atoms with E-state index in [0.29, 0.717) is 23.7 Å². The number of nitrogens with one attached hydrogen (secondary N) is 2. The number of hydrogen-bond acceptors (Lipinski definition) is 6. The van der Waals surface area contributed by atoms with E-state index < -0.39 is 11.7 Å². The number of anilines is 2. The molecule has 0 amide bonds. The minimum atomic E-state index is -4.47. The summed E-state index contributed by atoms with van der Waals surface area (Å²) in [6, 6.07) is 1.22. The van der Waals surface area contributed by atoms with Gasteiger partial charge < -0.3 is 10.6 Å². The number of aromatic nitrogens is 4. The molecule has 1 unspecified atom stereocenters. The van der Waals surface area contributed by atoms with Crippen LogP contribution in [-0.4, -0.2) is 32.5 Å². The topological polar surface area (TPSA) is 75.6 Å². The molecule has 144 valence electrons. The summed E-state index contributed by atoms with van der Waals surface area (Å²) in [4.78, 5) is 16.8. The maximum Gasteiger partial charge on any atom is 0.417 e. The van der Waals surface area contributed by atoms with Crippen LogP contribution < -0.4 is 10.6 Å². The summed E-state index contributed by atoms with van der Waals surface area (Å²) >= 11 is 0. The van der Waals surface area contributed by atoms with Crippen molar-refractivity contribution in [1.82, 2.24) is 19.9 Å². The van der Waals surface area contributed by atoms with Gasteiger partial charge in [-0.3, -0.25) is 4.98 Å². The SMILES string of the molecule is CC(Nc1nc(NCC2CC2)nc(-c2cncc(C(F)(F)F)c2)n1)C1CC1. The average molecular weight is 378 g/mol. The Hall–Kier alpha value is -2.45. The van der Waals surface area contributed by atoms with Crippen LogP contribution in [-0.2, 0) is 6.18 Å². The van der Waals surface area contributed by atoms with Gasteiger partial charge in [0.25, 0.3) is 0 Å². The molecule has 2 heterocycles. The van der Waals surface area contributed by atoms with Gasteiger partial charge in [-0.05, 0) is 50.5 Å². The number of hydrogen-bond donors (Lipinski definition) is 2. The quantitative estimate of drug-likeness (QED) is 0.759. The van der Waals surface area contributed by atoms with Crippen LogP contribution in [0.1, 0.15) is 38.2 Å². The van der Waals surface area contributed by atoms with Crippen molar-refractivity contribution in [2.75, 3.05) is 17.2 Å². The molecule has 0 spiro atoms. The van der Waals surface area contributed by atoms with Crippen LogP contribution >= 0.6 is 0 Å². The molecule has 2 saturated carbocycles. The van der Waals surface area contributed by atoms with Crippen molar-refractivity contribution in [1.29, 1.82) is 0 Å². The Morgan fingerprint density at radius 2 is 1.81 bits per heavy atom. The van der Waals surface area contributed by atoms with Crippen LogP contribution in [0.25, 0.3) is 11.4 Å². The second kappa shape index (κ2) is 6.94. The molecule has 2 aliphatic rings. The minimum Gasteiger partial charge on any atom is -0.354 e. The van der Waals surface area contributed by atoms with E-state index in [1.807, 2.05) is 0 Å². The molecule has 0 aliphatic heterocycles. The molecule has 4 rings (SSSR count). The van der Waals surface area contributed by atoms with Crippen LogP contribution in [0.15, 0.2) is 18.5 Å². The molecule has 6 nitrogen and oxygen atoms in total. The smallest absolute Gasteiger partial charge is 0.354 e. The highest BCUT2D eigenvalue weighted by molar-refractivity contribution is 5.58. The third-order valence-electron chi connectivity index (χ3n) is 4.89. The zero-order valence-electron chi connectivity index (χ0n) is 14.9. The molecule has 2 fully saturated rings. The summed E-state index contributed by atoms with van der Waals surface area (Å²) in [7, 11) is 0. The maximum atomic E-state index is 13.0. The molecule has 0 bridgehead atoms. The van der Waals surface area contributed by atoms with Gasteiger partial charge in [0.1, 0.15) is 0 Å². The lowest BCUT2D eigenvalue weighted by Gasteiger charge is -2.15. The van der Waals surface area contributed by atoms with Crippen LogP contribution in [0.4, 0.5) is 25.1 Å². The van der Waals surface area contributed by atoms with Crippen LogP contribution in [0, 0.1) is 11.8 Å². The molecule has 27 heavy (non-hydrogen) atoms. The third kappa shape index (κ3) is 4.64. The summed E-state index contributed by atoms with van der Waals surface area (Å²) in [5, 5.41) is 6.43. The van der Waals surface area contributed by atoms with Gasteiger partial charge in [0.05, 0.1) is 5.56 Å². The van der Waals surface area contributed by atoms with Crippen molar-refractivity contribution < 1.29 is 13.2 Å². The van der Waals surface area contributed by atoms with Gasteiger partial charge in [-0.15, -0.1) is 0 Å². The first-order chi connectivity index (χ1) is 12.9. The second-order valence-electron chi connectivity index (χ2n) is 7.36. The number of nitrogens with zero attached hydrogens (tertiary/aromatic N) is 4. The number of pyridine rings is 1. The number of alkyl halides is 3. The van der Waals surface area contributed by atoms with Gasteiger partial charge in [0.15, 0.2) is 5.82 Å². The summed E-state index contributed by atoms with van der Waals surface area (Å²) in [6.45, 7) is 2.81. The molecule has 0 aromatic carbocycles. The Morgan fingerprint density at radius 3 is 2.48 bits per heavy atom. The minimum absolute atomic E-state index is 0.174. The van der Waals surface area contributed by atoms with Gasteiger partial charge in [-0.1, -0.05) is 0 Å². The predicted molar refractivity (Wildman–Crippen MR) is 95.1 cm³/mol. The Labute approximate surface area is 155 Å². The lowest BCUT2D eigenvalue weighted by Crippen LogP contribution is -2.20. The van der Waals surface area contributed by atoms with E-state index in [4.69, 9.17) is 0 Å². The van der Waals surface area contributed by atoms with E-state index in [1.54, 1.807) is 0 Å². The first-order valence-electron chi connectivity index (χ1n) is 9.17. The van der Waals surface area contributed by atoms with Gasteiger partial charge in [-0.25, -0.2) is 0 Å². The van der Waals surface area contributed by atoms with Crippen molar-refractivity contribution in [3.8, 4) is 11.4 Å². The molecule has 2 aromatic rings. The van der Waals surface area contributed by atoms with Crippen LogP contribution in [0.5, 0.6) is 0 Å². The van der Waals surface area contributed by atoms with E-state index >= 15 is 0 Å². The fourth-order valence-electron chi connectivity index (χ4n) is 2.84. The summed E-state index contributed by atoms with van der Waals surface area (Å²) in [5.41, 5.74) is -0.613. The van der Waals surface area contributed by atoms with Crippen molar-refractivity contribution in [3.63, 3.8) is 0 Å². The van der Waals surface area contributed by atoms with Gasteiger partial charge in [0.2, 0.25) is 11.9 Å². The Bertz CT molecular complexity index is 817. The largest absolute Gasteiger partial charge is 0.417 e. The summed E-state index contributed by atoms with van der Waals surface area (Å²) < 4.78 is 39.0. The Balaban J connectivity index is 1.63. The van der Waals surface area contributed by atoms with Crippen molar-refractivity contribution in [3.05, 3.63) is 24.0 Å². The number of rotatable bonds is 7. The molecule has 2 aromatic heterocycles. The van der Waals surface area contributed by atoms with Crippen molar-refractivity contribution in [2.45, 2.75) is 44.8 Å². The Kier molecular flexibility index (Phi) is 4.61. The second-order valence-corrected chi connectivity index (χ2v) is 7.36. The molecule has 2 aliphatic carbocycles. The molecule has 9 heteroatoms. The highest BCUT2D eigenvalue weighted by atomic mass is 19.4. The lowest BCUT2D eigenvalue weighted by molar-refractivity contribution is -0.137. The normalized spacial score (nSPS) is 18.2. The molecule has 0 saturated heterocycles. The fraction of sp³-hybridized carbons (Fsp3) is 0.556. The molecular formula is C18H21F3N6. The van der Waals surface area contributed by atoms with Crippen LogP contribution in [0.3, 0.4) is 0 Å².